The van der Waals surface area contributed by atoms with Crippen LogP contribution >= 0.6 is 11.8 Å². The van der Waals surface area contributed by atoms with Crippen molar-refractivity contribution in [2.75, 3.05) is 0 Å². The van der Waals surface area contributed by atoms with Crippen molar-refractivity contribution in [2.45, 2.75) is 37.5 Å². The van der Waals surface area contributed by atoms with E-state index in [4.69, 9.17) is 6.42 Å². The summed E-state index contributed by atoms with van der Waals surface area (Å²) in [6, 6.07) is 7.38. The molecule has 3 rings (SSSR count). The summed E-state index contributed by atoms with van der Waals surface area (Å²) in [7, 11) is 0. The number of carbonyl (C=O) groups is 1. The topological polar surface area (TPSA) is 17.1 Å². The number of hydrogen-bond donors (Lipinski definition) is 0. The third kappa shape index (κ3) is 3.40. The van der Waals surface area contributed by atoms with Gasteiger partial charge in [0.05, 0.1) is 0 Å². The second-order valence-corrected chi connectivity index (χ2v) is 6.19. The average molecular weight is 258 g/mol. The fourth-order valence-electron chi connectivity index (χ4n) is 2.38. The molecule has 2 aliphatic carbocycles. The van der Waals surface area contributed by atoms with E-state index < -0.39 is 0 Å². The molecule has 1 aromatic rings. The molecule has 0 aliphatic heterocycles. The van der Waals surface area contributed by atoms with Crippen molar-refractivity contribution in [1.82, 2.24) is 0 Å². The van der Waals surface area contributed by atoms with E-state index in [2.05, 4.69) is 5.92 Å². The number of carbonyl (C=O) groups excluding carboxylic acids is 1. The van der Waals surface area contributed by atoms with Crippen molar-refractivity contribution in [1.29, 1.82) is 0 Å². The van der Waals surface area contributed by atoms with Crippen molar-refractivity contribution in [3.05, 3.63) is 29.8 Å². The minimum Gasteiger partial charge on any atom is -0.287 e. The van der Waals surface area contributed by atoms with Gasteiger partial charge in [-0.25, -0.2) is 0 Å². The third-order valence-corrected chi connectivity index (χ3v) is 4.52. The van der Waals surface area contributed by atoms with Crippen LogP contribution in [0.4, 0.5) is 0 Å². The van der Waals surface area contributed by atoms with Crippen LogP contribution in [0.5, 0.6) is 0 Å². The molecule has 0 N–H and O–H groups in total. The van der Waals surface area contributed by atoms with Gasteiger partial charge < -0.3 is 0 Å². The molecule has 2 aliphatic rings. The van der Waals surface area contributed by atoms with E-state index in [1.807, 2.05) is 24.3 Å². The van der Waals surface area contributed by atoms with E-state index in [0.717, 1.165) is 10.5 Å². The second-order valence-electron chi connectivity index (χ2n) is 4.94. The van der Waals surface area contributed by atoms with Crippen LogP contribution in [-0.2, 0) is 4.79 Å². The summed E-state index contributed by atoms with van der Waals surface area (Å²) in [5.74, 6) is 4.94. The van der Waals surface area contributed by atoms with Gasteiger partial charge >= 0.3 is 0 Å². The van der Waals surface area contributed by atoms with Gasteiger partial charge in [-0.15, -0.1) is 6.42 Å². The first kappa shape index (κ1) is 13.2. The Morgan fingerprint density at radius 1 is 1.28 bits per heavy atom. The maximum atomic E-state index is 10.7. The summed E-state index contributed by atoms with van der Waals surface area (Å²) in [5, 5.41) is 0.0733. The number of thioether (sulfide) groups is 1. The van der Waals surface area contributed by atoms with Crippen molar-refractivity contribution in [3.63, 3.8) is 0 Å². The quantitative estimate of drug-likeness (QED) is 0.557. The lowest BCUT2D eigenvalue weighted by atomic mass is 9.60. The monoisotopic (exact) mass is 258 g/mol. The highest BCUT2D eigenvalue weighted by Crippen LogP contribution is 2.49. The molecule has 1 nitrogen and oxygen atoms in total. The maximum absolute atomic E-state index is 10.7. The average Bonchev–Trinajstić information content (AvgIpc) is 2.34. The zero-order chi connectivity index (χ0) is 13.0. The lowest BCUT2D eigenvalue weighted by Gasteiger charge is -2.46. The highest BCUT2D eigenvalue weighted by atomic mass is 32.2. The largest absolute Gasteiger partial charge is 0.287 e. The van der Waals surface area contributed by atoms with Crippen molar-refractivity contribution >= 4 is 16.9 Å². The molecule has 2 heteroatoms. The van der Waals surface area contributed by atoms with Gasteiger partial charge in [-0.3, -0.25) is 4.79 Å². The van der Waals surface area contributed by atoms with Crippen LogP contribution in [0.15, 0.2) is 29.2 Å². The number of terminal acetylenes is 1. The molecule has 0 amide bonds. The Balaban J connectivity index is 0.000000164. The highest BCUT2D eigenvalue weighted by molar-refractivity contribution is 8.13. The fourth-order valence-corrected chi connectivity index (χ4v) is 3.04. The minimum atomic E-state index is 0.0733. The Morgan fingerprint density at radius 3 is 2.28 bits per heavy atom. The molecule has 0 heterocycles. The van der Waals surface area contributed by atoms with Gasteiger partial charge in [0.1, 0.15) is 0 Å². The lowest BCUT2D eigenvalue weighted by Crippen LogP contribution is -2.34. The lowest BCUT2D eigenvalue weighted by molar-refractivity contribution is -0.109. The number of rotatable bonds is 1. The van der Waals surface area contributed by atoms with E-state index in [0.29, 0.717) is 0 Å². The molecule has 0 radical (unpaired) electrons. The molecule has 0 saturated heterocycles. The molecule has 0 spiro atoms. The maximum Gasteiger partial charge on any atom is 0.190 e. The fraction of sp³-hybridized carbons (Fsp3) is 0.438. The van der Waals surface area contributed by atoms with Crippen molar-refractivity contribution in [2.24, 2.45) is 11.8 Å². The summed E-state index contributed by atoms with van der Waals surface area (Å²) in [6.45, 7) is 1.53. The molecular formula is C16H18OS. The standard InChI is InChI=1S/C10H8OS.C6H10/c1-3-9-5-4-6-10(7-9)12-8(2)11;1-2-6-4-3-5(1)6/h1,4-7H,2H3;5-6H,1-4H2. The van der Waals surface area contributed by atoms with Gasteiger partial charge in [0, 0.05) is 17.4 Å². The van der Waals surface area contributed by atoms with Crippen LogP contribution in [0.1, 0.15) is 38.2 Å². The predicted molar refractivity (Wildman–Crippen MR) is 76.4 cm³/mol. The first-order chi connectivity index (χ1) is 8.69. The summed E-state index contributed by atoms with van der Waals surface area (Å²) in [4.78, 5) is 11.6. The van der Waals surface area contributed by atoms with Gasteiger partial charge in [-0.05, 0) is 55.7 Å². The van der Waals surface area contributed by atoms with Gasteiger partial charge in [0.25, 0.3) is 0 Å². The molecule has 0 atom stereocenters. The first-order valence-electron chi connectivity index (χ1n) is 6.44. The molecule has 2 fully saturated rings. The Morgan fingerprint density at radius 2 is 1.89 bits per heavy atom. The predicted octanol–water partition coefficient (Wildman–Crippen LogP) is 4.11. The molecule has 2 saturated carbocycles. The van der Waals surface area contributed by atoms with E-state index in [9.17, 15) is 4.79 Å². The number of benzene rings is 1. The highest BCUT2D eigenvalue weighted by Gasteiger charge is 2.37. The summed E-state index contributed by atoms with van der Waals surface area (Å²) in [6.07, 6.45) is 11.4. The zero-order valence-electron chi connectivity index (χ0n) is 10.7. The Kier molecular flexibility index (Phi) is 4.49. The van der Waals surface area contributed by atoms with Gasteiger partial charge in [-0.1, -0.05) is 23.7 Å². The zero-order valence-corrected chi connectivity index (χ0v) is 11.5. The molecular weight excluding hydrogens is 240 g/mol. The molecule has 94 valence electrons. The van der Waals surface area contributed by atoms with Crippen LogP contribution in [-0.4, -0.2) is 5.12 Å². The molecule has 0 unspecified atom stereocenters. The second kappa shape index (κ2) is 6.11. The summed E-state index contributed by atoms with van der Waals surface area (Å²) < 4.78 is 0. The van der Waals surface area contributed by atoms with Gasteiger partial charge in [-0.2, -0.15) is 0 Å². The number of fused-ring (bicyclic) bond motifs is 1. The van der Waals surface area contributed by atoms with E-state index >= 15 is 0 Å². The van der Waals surface area contributed by atoms with Crippen LogP contribution in [0, 0.1) is 24.2 Å². The molecule has 0 aromatic heterocycles. The number of hydrogen-bond acceptors (Lipinski definition) is 2. The van der Waals surface area contributed by atoms with Crippen LogP contribution in [0.3, 0.4) is 0 Å². The Hall–Kier alpha value is -1.20. The van der Waals surface area contributed by atoms with E-state index in [-0.39, 0.29) is 5.12 Å². The SMILES string of the molecule is C#Cc1cccc(SC(C)=O)c1.C1CC2CCC12. The normalized spacial score (nSPS) is 23.3. The first-order valence-corrected chi connectivity index (χ1v) is 7.26. The minimum absolute atomic E-state index is 0.0733. The summed E-state index contributed by atoms with van der Waals surface area (Å²) in [5.41, 5.74) is 0.807. The van der Waals surface area contributed by atoms with Crippen molar-refractivity contribution in [3.8, 4) is 12.3 Å². The van der Waals surface area contributed by atoms with E-state index in [1.165, 1.54) is 30.5 Å². The van der Waals surface area contributed by atoms with Gasteiger partial charge in [0.2, 0.25) is 0 Å². The van der Waals surface area contributed by atoms with Crippen LogP contribution in [0.25, 0.3) is 0 Å². The smallest absolute Gasteiger partial charge is 0.190 e. The van der Waals surface area contributed by atoms with E-state index in [1.54, 1.807) is 25.7 Å². The van der Waals surface area contributed by atoms with Crippen LogP contribution in [0.2, 0.25) is 0 Å². The molecule has 18 heavy (non-hydrogen) atoms. The van der Waals surface area contributed by atoms with Crippen LogP contribution < -0.4 is 0 Å². The summed E-state index contributed by atoms with van der Waals surface area (Å²) >= 11 is 1.19. The third-order valence-electron chi connectivity index (χ3n) is 3.75. The Labute approximate surface area is 113 Å². The Bertz CT molecular complexity index is 454. The van der Waals surface area contributed by atoms with Crippen molar-refractivity contribution < 1.29 is 4.79 Å². The molecule has 0 bridgehead atoms. The molecule has 1 aromatic carbocycles. The van der Waals surface area contributed by atoms with Gasteiger partial charge in [0.15, 0.2) is 5.12 Å².